The van der Waals surface area contributed by atoms with Crippen molar-refractivity contribution in [3.63, 3.8) is 0 Å². The van der Waals surface area contributed by atoms with Crippen LogP contribution in [0, 0.1) is 0 Å². The van der Waals surface area contributed by atoms with E-state index in [0.717, 1.165) is 12.8 Å². The smallest absolute Gasteiger partial charge is 0.162 e. The van der Waals surface area contributed by atoms with Gasteiger partial charge in [-0.15, -0.1) is 0 Å². The van der Waals surface area contributed by atoms with Crippen LogP contribution in [0.2, 0.25) is 0 Å². The number of hydrogen-bond donors (Lipinski definition) is 3. The van der Waals surface area contributed by atoms with Gasteiger partial charge in [-0.2, -0.15) is 0 Å². The Kier molecular flexibility index (Phi) is 4.97. The van der Waals surface area contributed by atoms with Crippen molar-refractivity contribution >= 4 is 17.9 Å². The van der Waals surface area contributed by atoms with E-state index >= 15 is 0 Å². The zero-order chi connectivity index (χ0) is 17.3. The van der Waals surface area contributed by atoms with Gasteiger partial charge in [-0.3, -0.25) is 4.99 Å². The lowest BCUT2D eigenvalue weighted by molar-refractivity contribution is -0.0872. The van der Waals surface area contributed by atoms with E-state index in [-0.39, 0.29) is 6.61 Å². The van der Waals surface area contributed by atoms with Crippen molar-refractivity contribution in [3.05, 3.63) is 0 Å². The van der Waals surface area contributed by atoms with Crippen LogP contribution in [0.25, 0.3) is 0 Å². The molecular weight excluding hydrogens is 314 g/mol. The summed E-state index contributed by atoms with van der Waals surface area (Å²) in [6.45, 7) is 4.36. The van der Waals surface area contributed by atoms with Crippen molar-refractivity contribution in [3.8, 4) is 0 Å². The lowest BCUT2D eigenvalue weighted by atomic mass is 10.1. The summed E-state index contributed by atoms with van der Waals surface area (Å²) < 4.78 is 11.7. The van der Waals surface area contributed by atoms with E-state index in [4.69, 9.17) is 15.2 Å². The highest BCUT2D eigenvalue weighted by atomic mass is 16.6. The van der Waals surface area contributed by atoms with Gasteiger partial charge in [0.05, 0.1) is 6.61 Å². The predicted octanol–water partition coefficient (Wildman–Crippen LogP) is -0.921. The molecule has 1 unspecified atom stereocenters. The number of aliphatic hydroxyl groups is 2. The second-order valence-electron chi connectivity index (χ2n) is 6.39. The Hall–Kier alpha value is -1.39. The van der Waals surface area contributed by atoms with Crippen LogP contribution >= 0.6 is 0 Å². The molecule has 1 fully saturated rings. The quantitative estimate of drug-likeness (QED) is 0.537. The number of nitrogens with two attached hydrogens (primary N) is 1. The fourth-order valence-electron chi connectivity index (χ4n) is 3.07. The molecule has 3 aliphatic heterocycles. The molecule has 0 aromatic rings. The molecule has 24 heavy (non-hydrogen) atoms. The number of ether oxygens (including phenoxy) is 2. The van der Waals surface area contributed by atoms with Crippen molar-refractivity contribution in [1.29, 1.82) is 0 Å². The zero-order valence-electron chi connectivity index (χ0n) is 14.0. The van der Waals surface area contributed by atoms with Crippen LogP contribution in [-0.2, 0) is 9.47 Å². The number of hydrogen-bond acceptors (Lipinski definition) is 9. The van der Waals surface area contributed by atoms with E-state index in [2.05, 4.69) is 21.9 Å². The monoisotopic (exact) mass is 339 g/mol. The number of nitrogens with zero attached hydrogens (tertiary/aromatic N) is 4. The lowest BCUT2D eigenvalue weighted by Crippen LogP contribution is -2.54. The van der Waals surface area contributed by atoms with Crippen molar-refractivity contribution in [2.45, 2.75) is 56.9 Å². The van der Waals surface area contributed by atoms with Gasteiger partial charge in [0.15, 0.2) is 17.7 Å². The molecular formula is C15H25N5O4. The van der Waals surface area contributed by atoms with Crippen molar-refractivity contribution < 1.29 is 19.7 Å². The van der Waals surface area contributed by atoms with Gasteiger partial charge in [0.2, 0.25) is 0 Å². The molecule has 4 N–H and O–H groups in total. The molecule has 1 saturated heterocycles. The first-order valence-corrected chi connectivity index (χ1v) is 8.28. The van der Waals surface area contributed by atoms with Crippen LogP contribution in [0.3, 0.4) is 0 Å². The topological polar surface area (TPSA) is 125 Å². The highest BCUT2D eigenvalue weighted by Gasteiger charge is 2.50. The summed E-state index contributed by atoms with van der Waals surface area (Å²) >= 11 is 0. The van der Waals surface area contributed by atoms with Gasteiger partial charge in [-0.05, 0) is 13.3 Å². The zero-order valence-corrected chi connectivity index (χ0v) is 14.0. The summed E-state index contributed by atoms with van der Waals surface area (Å²) in [6.07, 6.45) is 0.495. The number of fused-ring (bicyclic) bond motifs is 1. The third-order valence-corrected chi connectivity index (χ3v) is 4.46. The number of unbranched alkanes of at least 4 members (excludes halogenated alkanes) is 1. The van der Waals surface area contributed by atoms with Crippen molar-refractivity contribution in [2.24, 2.45) is 20.7 Å². The summed E-state index contributed by atoms with van der Waals surface area (Å²) in [5.74, 6) is 0.579. The van der Waals surface area contributed by atoms with Crippen LogP contribution in [0.15, 0.2) is 15.0 Å². The van der Waals surface area contributed by atoms with E-state index in [1.807, 2.05) is 0 Å². The second kappa shape index (κ2) is 6.85. The lowest BCUT2D eigenvalue weighted by Gasteiger charge is -2.32. The molecule has 0 amide bonds. The van der Waals surface area contributed by atoms with E-state index < -0.39 is 30.2 Å². The molecule has 0 aliphatic carbocycles. The molecule has 0 bridgehead atoms. The Balaban J connectivity index is 1.79. The molecule has 0 aromatic heterocycles. The van der Waals surface area contributed by atoms with Crippen molar-refractivity contribution in [2.75, 3.05) is 19.9 Å². The highest BCUT2D eigenvalue weighted by molar-refractivity contribution is 6.47. The van der Waals surface area contributed by atoms with Crippen LogP contribution in [0.1, 0.15) is 26.7 Å². The molecule has 9 nitrogen and oxygen atoms in total. The van der Waals surface area contributed by atoms with E-state index in [1.54, 1.807) is 11.8 Å². The van der Waals surface area contributed by atoms with Gasteiger partial charge < -0.3 is 30.3 Å². The van der Waals surface area contributed by atoms with Gasteiger partial charge in [0.25, 0.3) is 0 Å². The average molecular weight is 339 g/mol. The maximum Gasteiger partial charge on any atom is 0.162 e. The first-order chi connectivity index (χ1) is 11.5. The van der Waals surface area contributed by atoms with Crippen LogP contribution < -0.4 is 5.73 Å². The van der Waals surface area contributed by atoms with Gasteiger partial charge in [-0.25, -0.2) is 9.98 Å². The largest absolute Gasteiger partial charge is 0.394 e. The van der Waals surface area contributed by atoms with E-state index in [9.17, 15) is 10.2 Å². The molecule has 0 radical (unpaired) electrons. The van der Waals surface area contributed by atoms with Crippen LogP contribution in [0.5, 0.6) is 0 Å². The minimum absolute atomic E-state index is 0.282. The highest BCUT2D eigenvalue weighted by Crippen LogP contribution is 2.30. The maximum absolute atomic E-state index is 10.4. The summed E-state index contributed by atoms with van der Waals surface area (Å²) in [7, 11) is 0. The Morgan fingerprint density at radius 3 is 3.04 bits per heavy atom. The fourth-order valence-corrected chi connectivity index (χ4v) is 3.07. The number of rotatable bonds is 6. The fraction of sp³-hybridized carbons (Fsp3) is 0.800. The third kappa shape index (κ3) is 2.98. The molecule has 0 aromatic carbocycles. The third-order valence-electron chi connectivity index (χ3n) is 4.46. The Bertz CT molecular complexity index is 562. The predicted molar refractivity (Wildman–Crippen MR) is 89.1 cm³/mol. The minimum Gasteiger partial charge on any atom is -0.394 e. The number of aliphatic imine (C=N–C) groups is 3. The normalized spacial score (nSPS) is 38.3. The van der Waals surface area contributed by atoms with Gasteiger partial charge >= 0.3 is 0 Å². The Morgan fingerprint density at radius 2 is 2.33 bits per heavy atom. The van der Waals surface area contributed by atoms with E-state index in [1.165, 1.54) is 6.34 Å². The van der Waals surface area contributed by atoms with Gasteiger partial charge in [0.1, 0.15) is 37.0 Å². The number of aliphatic hydroxyl groups excluding tert-OH is 2. The molecule has 3 heterocycles. The van der Waals surface area contributed by atoms with Gasteiger partial charge in [-0.1, -0.05) is 13.3 Å². The van der Waals surface area contributed by atoms with Crippen molar-refractivity contribution in [1.82, 2.24) is 4.90 Å². The van der Waals surface area contributed by atoms with E-state index in [0.29, 0.717) is 24.8 Å². The summed E-state index contributed by atoms with van der Waals surface area (Å²) in [5, 5.41) is 19.9. The SMILES string of the molecule is CCCCO[C@@H]1[C@H](O)[C@@H](CO)O[C@H]1N1CN=C2C1=NC=NC2(C)N. The standard InChI is InChI=1S/C15H25N5O4/c1-3-4-5-23-11-10(22)9(6-21)24-14(11)20-8-18-12-13(20)17-7-19-15(12,2)16/h7,9-11,14,21-22H,3-6,8,16H2,1-2H3/t9-,10-,11-,14-,15?/m1/s1. The maximum atomic E-state index is 10.4. The Morgan fingerprint density at radius 1 is 1.54 bits per heavy atom. The first-order valence-electron chi connectivity index (χ1n) is 8.28. The molecule has 3 aliphatic rings. The molecule has 134 valence electrons. The van der Waals surface area contributed by atoms with Crippen LogP contribution in [-0.4, -0.2) is 83.1 Å². The summed E-state index contributed by atoms with van der Waals surface area (Å²) in [4.78, 5) is 14.7. The molecule has 0 saturated carbocycles. The van der Waals surface area contributed by atoms with Gasteiger partial charge in [0, 0.05) is 6.61 Å². The Labute approximate surface area is 140 Å². The summed E-state index contributed by atoms with van der Waals surface area (Å²) in [6, 6.07) is 0. The molecule has 0 spiro atoms. The molecule has 5 atom stereocenters. The minimum atomic E-state index is -0.933. The summed E-state index contributed by atoms with van der Waals surface area (Å²) in [5.41, 5.74) is 5.79. The second-order valence-corrected chi connectivity index (χ2v) is 6.39. The van der Waals surface area contributed by atoms with Crippen LogP contribution in [0.4, 0.5) is 0 Å². The number of amidine groups is 1. The molecule has 9 heteroatoms. The molecule has 3 rings (SSSR count). The first kappa shape index (κ1) is 17.4. The average Bonchev–Trinajstić information content (AvgIpc) is 3.10.